The van der Waals surface area contributed by atoms with Gasteiger partial charge < -0.3 is 9.80 Å². The van der Waals surface area contributed by atoms with Crippen molar-refractivity contribution < 1.29 is 4.79 Å². The van der Waals surface area contributed by atoms with Crippen molar-refractivity contribution in [3.63, 3.8) is 0 Å². The van der Waals surface area contributed by atoms with Crippen LogP contribution >= 0.6 is 0 Å². The lowest BCUT2D eigenvalue weighted by atomic mass is 10.1. The molecule has 0 aliphatic carbocycles. The summed E-state index contributed by atoms with van der Waals surface area (Å²) in [5, 5.41) is 4.56. The fraction of sp³-hybridized carbons (Fsp3) is 0.500. The first-order valence-electron chi connectivity index (χ1n) is 8.63. The predicted octanol–water partition coefficient (Wildman–Crippen LogP) is 2.38. The molecule has 128 valence electrons. The minimum absolute atomic E-state index is 0.0805. The van der Waals surface area contributed by atoms with E-state index in [2.05, 4.69) is 28.8 Å². The molecule has 0 radical (unpaired) electrons. The number of hydrogen-bond acceptors (Lipinski definition) is 4. The zero-order valence-electron chi connectivity index (χ0n) is 14.6. The van der Waals surface area contributed by atoms with Gasteiger partial charge in [-0.2, -0.15) is 5.10 Å². The molecular formula is C18H25N5O. The summed E-state index contributed by atoms with van der Waals surface area (Å²) in [7, 11) is 0. The van der Waals surface area contributed by atoms with Crippen LogP contribution in [0.25, 0.3) is 0 Å². The lowest BCUT2D eigenvalue weighted by Gasteiger charge is -2.35. The average molecular weight is 327 g/mol. The van der Waals surface area contributed by atoms with Crippen molar-refractivity contribution in [2.24, 2.45) is 0 Å². The van der Waals surface area contributed by atoms with Gasteiger partial charge in [-0.25, -0.2) is 4.98 Å². The van der Waals surface area contributed by atoms with Gasteiger partial charge in [0.25, 0.3) is 5.91 Å². The molecule has 1 fully saturated rings. The highest BCUT2D eigenvalue weighted by Crippen LogP contribution is 2.18. The number of nitrogens with zero attached hydrogens (tertiary/aromatic N) is 5. The average Bonchev–Trinajstić information content (AvgIpc) is 3.07. The molecule has 0 bridgehead atoms. The van der Waals surface area contributed by atoms with Gasteiger partial charge in [0.1, 0.15) is 11.5 Å². The first-order chi connectivity index (χ1) is 11.6. The van der Waals surface area contributed by atoms with E-state index in [1.165, 1.54) is 0 Å². The van der Waals surface area contributed by atoms with E-state index in [0.29, 0.717) is 31.2 Å². The van der Waals surface area contributed by atoms with Crippen molar-refractivity contribution in [2.75, 3.05) is 31.1 Å². The Labute approximate surface area is 143 Å². The van der Waals surface area contributed by atoms with Crippen LogP contribution in [0.3, 0.4) is 0 Å². The Morgan fingerprint density at radius 1 is 1.21 bits per heavy atom. The number of pyridine rings is 1. The number of aryl methyl sites for hydroxylation is 1. The number of carbonyl (C=O) groups is 1. The van der Waals surface area contributed by atoms with Crippen molar-refractivity contribution >= 4 is 11.7 Å². The van der Waals surface area contributed by atoms with Crippen LogP contribution in [0.15, 0.2) is 30.5 Å². The van der Waals surface area contributed by atoms with E-state index in [9.17, 15) is 4.79 Å². The molecule has 0 N–H and O–H groups in total. The van der Waals surface area contributed by atoms with Crippen molar-refractivity contribution in [1.29, 1.82) is 0 Å². The lowest BCUT2D eigenvalue weighted by Crippen LogP contribution is -2.49. The molecule has 1 aliphatic heterocycles. The highest BCUT2D eigenvalue weighted by atomic mass is 16.2. The van der Waals surface area contributed by atoms with Gasteiger partial charge in [0.2, 0.25) is 0 Å². The number of anilines is 1. The summed E-state index contributed by atoms with van der Waals surface area (Å²) >= 11 is 0. The van der Waals surface area contributed by atoms with Crippen LogP contribution in [0.1, 0.15) is 42.9 Å². The lowest BCUT2D eigenvalue weighted by molar-refractivity contribution is 0.0734. The van der Waals surface area contributed by atoms with Gasteiger partial charge in [0.05, 0.1) is 5.69 Å². The summed E-state index contributed by atoms with van der Waals surface area (Å²) in [6, 6.07) is 7.87. The van der Waals surface area contributed by atoms with Gasteiger partial charge >= 0.3 is 0 Å². The minimum Gasteiger partial charge on any atom is -0.353 e. The van der Waals surface area contributed by atoms with E-state index in [0.717, 1.165) is 24.6 Å². The molecule has 0 spiro atoms. The Hall–Kier alpha value is -2.37. The van der Waals surface area contributed by atoms with Gasteiger partial charge in [-0.3, -0.25) is 9.48 Å². The van der Waals surface area contributed by atoms with Crippen LogP contribution in [-0.2, 0) is 6.54 Å². The van der Waals surface area contributed by atoms with Crippen molar-refractivity contribution in [2.45, 2.75) is 33.2 Å². The molecule has 1 amide bonds. The van der Waals surface area contributed by atoms with Gasteiger partial charge in [0.15, 0.2) is 0 Å². The maximum atomic E-state index is 12.9. The highest BCUT2D eigenvalue weighted by Gasteiger charge is 2.25. The zero-order valence-corrected chi connectivity index (χ0v) is 14.6. The normalized spacial score (nSPS) is 15.2. The molecule has 2 aromatic rings. The van der Waals surface area contributed by atoms with Crippen LogP contribution in [0.2, 0.25) is 0 Å². The van der Waals surface area contributed by atoms with Crippen molar-refractivity contribution in [3.8, 4) is 0 Å². The number of carbonyl (C=O) groups excluding carboxylic acids is 1. The van der Waals surface area contributed by atoms with Crippen LogP contribution < -0.4 is 4.90 Å². The second-order valence-corrected chi connectivity index (χ2v) is 6.39. The molecule has 2 aromatic heterocycles. The smallest absolute Gasteiger partial charge is 0.272 e. The summed E-state index contributed by atoms with van der Waals surface area (Å²) in [6.45, 7) is 9.96. The second kappa shape index (κ2) is 7.03. The van der Waals surface area contributed by atoms with Crippen LogP contribution in [0.4, 0.5) is 5.82 Å². The minimum atomic E-state index is 0.0805. The number of aromatic nitrogens is 3. The molecule has 0 atom stereocenters. The Balaban J connectivity index is 1.69. The predicted molar refractivity (Wildman–Crippen MR) is 94.3 cm³/mol. The molecule has 6 heteroatoms. The first-order valence-corrected chi connectivity index (χ1v) is 8.63. The number of piperazine rings is 1. The third kappa shape index (κ3) is 3.27. The first kappa shape index (κ1) is 16.5. The maximum Gasteiger partial charge on any atom is 0.272 e. The Morgan fingerprint density at radius 3 is 2.54 bits per heavy atom. The van der Waals surface area contributed by atoms with Crippen LogP contribution in [0, 0.1) is 0 Å². The molecule has 0 saturated carbocycles. The van der Waals surface area contributed by atoms with Gasteiger partial charge in [0, 0.05) is 38.9 Å². The summed E-state index contributed by atoms with van der Waals surface area (Å²) in [4.78, 5) is 21.4. The van der Waals surface area contributed by atoms with Crippen LogP contribution in [0.5, 0.6) is 0 Å². The Bertz CT molecular complexity index is 687. The monoisotopic (exact) mass is 327 g/mol. The topological polar surface area (TPSA) is 54.3 Å². The third-order valence-corrected chi connectivity index (χ3v) is 4.45. The Morgan fingerprint density at radius 2 is 1.96 bits per heavy atom. The van der Waals surface area contributed by atoms with E-state index in [-0.39, 0.29) is 5.91 Å². The fourth-order valence-corrected chi connectivity index (χ4v) is 2.97. The standard InChI is InChI=1S/C18H25N5O/c1-4-23-16(13-15(20-23)14(2)3)18(24)22-11-9-21(10-12-22)17-7-5-6-8-19-17/h5-8,13-14H,4,9-12H2,1-3H3. The quantitative estimate of drug-likeness (QED) is 0.865. The zero-order chi connectivity index (χ0) is 17.1. The molecule has 1 saturated heterocycles. The molecule has 6 nitrogen and oxygen atoms in total. The number of amides is 1. The van der Waals surface area contributed by atoms with Crippen LogP contribution in [-0.4, -0.2) is 51.8 Å². The van der Waals surface area contributed by atoms with E-state index in [1.54, 1.807) is 6.20 Å². The van der Waals surface area contributed by atoms with E-state index in [4.69, 9.17) is 0 Å². The van der Waals surface area contributed by atoms with E-state index in [1.807, 2.05) is 40.8 Å². The molecule has 3 rings (SSSR count). The van der Waals surface area contributed by atoms with Gasteiger partial charge in [-0.05, 0) is 31.0 Å². The van der Waals surface area contributed by atoms with Crippen molar-refractivity contribution in [1.82, 2.24) is 19.7 Å². The SMILES string of the molecule is CCn1nc(C(C)C)cc1C(=O)N1CCN(c2ccccn2)CC1. The molecule has 1 aliphatic rings. The molecular weight excluding hydrogens is 302 g/mol. The van der Waals surface area contributed by atoms with Crippen molar-refractivity contribution in [3.05, 3.63) is 41.9 Å². The van der Waals surface area contributed by atoms with E-state index < -0.39 is 0 Å². The number of rotatable bonds is 4. The Kier molecular flexibility index (Phi) is 4.83. The highest BCUT2D eigenvalue weighted by molar-refractivity contribution is 5.93. The second-order valence-electron chi connectivity index (χ2n) is 6.39. The van der Waals surface area contributed by atoms with E-state index >= 15 is 0 Å². The summed E-state index contributed by atoms with van der Waals surface area (Å²) in [5.41, 5.74) is 1.68. The third-order valence-electron chi connectivity index (χ3n) is 4.45. The largest absolute Gasteiger partial charge is 0.353 e. The molecule has 0 aromatic carbocycles. The maximum absolute atomic E-state index is 12.9. The van der Waals surface area contributed by atoms with Gasteiger partial charge in [-0.1, -0.05) is 19.9 Å². The summed E-state index contributed by atoms with van der Waals surface area (Å²) < 4.78 is 1.82. The molecule has 3 heterocycles. The number of hydrogen-bond donors (Lipinski definition) is 0. The molecule has 0 unspecified atom stereocenters. The molecule has 24 heavy (non-hydrogen) atoms. The summed E-state index contributed by atoms with van der Waals surface area (Å²) in [5.74, 6) is 1.38. The fourth-order valence-electron chi connectivity index (χ4n) is 2.97. The summed E-state index contributed by atoms with van der Waals surface area (Å²) in [6.07, 6.45) is 1.81. The van der Waals surface area contributed by atoms with Gasteiger partial charge in [-0.15, -0.1) is 0 Å².